The van der Waals surface area contributed by atoms with Gasteiger partial charge in [-0.1, -0.05) is 23.2 Å². The van der Waals surface area contributed by atoms with Crippen LogP contribution in [0.5, 0.6) is 0 Å². The van der Waals surface area contributed by atoms with Crippen LogP contribution in [0.2, 0.25) is 9.36 Å². The molecule has 126 valence electrons. The Balaban J connectivity index is 1.95. The highest BCUT2D eigenvalue weighted by Gasteiger charge is 2.13. The van der Waals surface area contributed by atoms with E-state index in [1.54, 1.807) is 18.2 Å². The van der Waals surface area contributed by atoms with Crippen molar-refractivity contribution < 1.29 is 14.4 Å². The summed E-state index contributed by atoms with van der Waals surface area (Å²) in [5, 5.41) is 5.41. The maximum Gasteiger partial charge on any atom is 0.252 e. The monoisotopic (exact) mass is 384 g/mol. The predicted molar refractivity (Wildman–Crippen MR) is 96.4 cm³/mol. The van der Waals surface area contributed by atoms with Crippen LogP contribution in [0.25, 0.3) is 0 Å². The molecule has 0 bridgehead atoms. The molecule has 0 unspecified atom stereocenters. The van der Waals surface area contributed by atoms with Crippen molar-refractivity contribution in [1.82, 2.24) is 5.32 Å². The molecule has 0 atom stereocenters. The van der Waals surface area contributed by atoms with Crippen molar-refractivity contribution in [2.45, 2.75) is 12.8 Å². The summed E-state index contributed by atoms with van der Waals surface area (Å²) in [4.78, 5) is 36.1. The van der Waals surface area contributed by atoms with Crippen LogP contribution in [0, 0.1) is 0 Å². The first-order valence-corrected chi connectivity index (χ1v) is 8.58. The Labute approximate surface area is 153 Å². The van der Waals surface area contributed by atoms with E-state index in [1.807, 2.05) is 0 Å². The zero-order valence-corrected chi connectivity index (χ0v) is 15.0. The topological polar surface area (TPSA) is 75.3 Å². The molecular weight excluding hydrogens is 371 g/mol. The van der Waals surface area contributed by atoms with E-state index in [9.17, 15) is 14.4 Å². The number of thiophene rings is 1. The highest BCUT2D eigenvalue weighted by Crippen LogP contribution is 2.23. The molecule has 0 aliphatic carbocycles. The summed E-state index contributed by atoms with van der Waals surface area (Å²) in [7, 11) is 1.49. The summed E-state index contributed by atoms with van der Waals surface area (Å²) < 4.78 is 0.533. The van der Waals surface area contributed by atoms with Gasteiger partial charge in [-0.05, 0) is 30.3 Å². The fourth-order valence-electron chi connectivity index (χ4n) is 1.95. The quantitative estimate of drug-likeness (QED) is 0.738. The minimum Gasteiger partial charge on any atom is -0.355 e. The number of anilines is 1. The highest BCUT2D eigenvalue weighted by atomic mass is 35.5. The van der Waals surface area contributed by atoms with Gasteiger partial charge in [-0.2, -0.15) is 0 Å². The number of carbonyl (C=O) groups excluding carboxylic acids is 3. The summed E-state index contributed by atoms with van der Waals surface area (Å²) in [5.41, 5.74) is 0.705. The van der Waals surface area contributed by atoms with E-state index in [0.29, 0.717) is 14.9 Å². The van der Waals surface area contributed by atoms with Crippen molar-refractivity contribution in [1.29, 1.82) is 0 Å². The third-order valence-electron chi connectivity index (χ3n) is 3.15. The number of rotatable bonds is 6. The van der Waals surface area contributed by atoms with Crippen LogP contribution in [0.4, 0.5) is 5.69 Å². The molecule has 5 nitrogen and oxygen atoms in total. The Kier molecular flexibility index (Phi) is 6.36. The normalized spacial score (nSPS) is 10.3. The second-order valence-electron chi connectivity index (χ2n) is 4.85. The second kappa shape index (κ2) is 8.28. The molecule has 0 aliphatic heterocycles. The molecule has 2 amide bonds. The molecular formula is C16H14Cl2N2O3S. The van der Waals surface area contributed by atoms with Gasteiger partial charge in [0.25, 0.3) is 5.91 Å². The SMILES string of the molecule is CNC(=O)c1cc(NC(=O)CCC(=O)c2ccc(Cl)s2)ccc1Cl. The lowest BCUT2D eigenvalue weighted by Gasteiger charge is -2.08. The van der Waals surface area contributed by atoms with Crippen molar-refractivity contribution in [3.8, 4) is 0 Å². The Morgan fingerprint density at radius 1 is 1.08 bits per heavy atom. The van der Waals surface area contributed by atoms with Crippen LogP contribution in [-0.4, -0.2) is 24.6 Å². The van der Waals surface area contributed by atoms with Crippen molar-refractivity contribution in [2.24, 2.45) is 0 Å². The fourth-order valence-corrected chi connectivity index (χ4v) is 3.16. The number of hydrogen-bond acceptors (Lipinski definition) is 4. The van der Waals surface area contributed by atoms with Crippen LogP contribution in [-0.2, 0) is 4.79 Å². The number of halogens is 2. The van der Waals surface area contributed by atoms with Gasteiger partial charge < -0.3 is 10.6 Å². The molecule has 0 aliphatic rings. The zero-order valence-electron chi connectivity index (χ0n) is 12.7. The van der Waals surface area contributed by atoms with E-state index >= 15 is 0 Å². The van der Waals surface area contributed by atoms with E-state index in [2.05, 4.69) is 10.6 Å². The number of hydrogen-bond donors (Lipinski definition) is 2. The van der Waals surface area contributed by atoms with Gasteiger partial charge in [0.05, 0.1) is 19.8 Å². The Hall–Kier alpha value is -1.89. The summed E-state index contributed by atoms with van der Waals surface area (Å²) in [6, 6.07) is 7.89. The lowest BCUT2D eigenvalue weighted by atomic mass is 10.1. The molecule has 24 heavy (non-hydrogen) atoms. The van der Waals surface area contributed by atoms with Gasteiger partial charge in [0.1, 0.15) is 0 Å². The average Bonchev–Trinajstić information content (AvgIpc) is 3.00. The predicted octanol–water partition coefficient (Wildman–Crippen LogP) is 4.02. The van der Waals surface area contributed by atoms with Crippen molar-refractivity contribution in [3.63, 3.8) is 0 Å². The van der Waals surface area contributed by atoms with Crippen LogP contribution in [0.1, 0.15) is 32.9 Å². The van der Waals surface area contributed by atoms with Gasteiger partial charge in [-0.3, -0.25) is 14.4 Å². The minimum absolute atomic E-state index is 0.0340. The van der Waals surface area contributed by atoms with Crippen LogP contribution in [0.3, 0.4) is 0 Å². The Morgan fingerprint density at radius 3 is 2.46 bits per heavy atom. The molecule has 1 heterocycles. The van der Waals surface area contributed by atoms with Crippen molar-refractivity contribution in [2.75, 3.05) is 12.4 Å². The Bertz CT molecular complexity index is 789. The van der Waals surface area contributed by atoms with Gasteiger partial charge in [0, 0.05) is 25.6 Å². The van der Waals surface area contributed by atoms with E-state index in [0.717, 1.165) is 0 Å². The number of ketones is 1. The molecule has 2 N–H and O–H groups in total. The second-order valence-corrected chi connectivity index (χ2v) is 6.97. The number of Topliss-reactive ketones (excluding diaryl/α,β-unsaturated/α-hetero) is 1. The lowest BCUT2D eigenvalue weighted by Crippen LogP contribution is -2.19. The van der Waals surface area contributed by atoms with E-state index in [4.69, 9.17) is 23.2 Å². The molecule has 0 radical (unpaired) electrons. The molecule has 2 rings (SSSR count). The average molecular weight is 385 g/mol. The summed E-state index contributed by atoms with van der Waals surface area (Å²) in [5.74, 6) is -0.804. The lowest BCUT2D eigenvalue weighted by molar-refractivity contribution is -0.116. The maximum absolute atomic E-state index is 12.0. The number of carbonyl (C=O) groups is 3. The molecule has 0 fully saturated rings. The van der Waals surface area contributed by atoms with Crippen molar-refractivity contribution >= 4 is 57.8 Å². The van der Waals surface area contributed by atoms with Crippen LogP contribution >= 0.6 is 34.5 Å². The first kappa shape index (κ1) is 18.4. The smallest absolute Gasteiger partial charge is 0.252 e. The van der Waals surface area contributed by atoms with Crippen molar-refractivity contribution in [3.05, 3.63) is 50.1 Å². The Morgan fingerprint density at radius 2 is 1.83 bits per heavy atom. The van der Waals surface area contributed by atoms with E-state index < -0.39 is 0 Å². The van der Waals surface area contributed by atoms with Gasteiger partial charge in [-0.15, -0.1) is 11.3 Å². The number of nitrogens with one attached hydrogen (secondary N) is 2. The first-order valence-electron chi connectivity index (χ1n) is 7.00. The molecule has 8 heteroatoms. The van der Waals surface area contributed by atoms with Gasteiger partial charge >= 0.3 is 0 Å². The van der Waals surface area contributed by atoms with Crippen LogP contribution < -0.4 is 10.6 Å². The minimum atomic E-state index is -0.346. The molecule has 2 aromatic rings. The molecule has 0 saturated heterocycles. The summed E-state index contributed by atoms with van der Waals surface area (Å²) in [6.07, 6.45) is 0.116. The summed E-state index contributed by atoms with van der Waals surface area (Å²) >= 11 is 12.9. The first-order chi connectivity index (χ1) is 11.4. The highest BCUT2D eigenvalue weighted by molar-refractivity contribution is 7.18. The van der Waals surface area contributed by atoms with Gasteiger partial charge in [-0.25, -0.2) is 0 Å². The maximum atomic E-state index is 12.0. The standard InChI is InChI=1S/C16H14Cl2N2O3S/c1-19-16(23)10-8-9(2-3-11(10)17)20-15(22)7-4-12(21)13-5-6-14(18)24-13/h2-3,5-6,8H,4,7H2,1H3,(H,19,23)(H,20,22). The summed E-state index contributed by atoms with van der Waals surface area (Å²) in [6.45, 7) is 0. The molecule has 1 aromatic carbocycles. The van der Waals surface area contributed by atoms with E-state index in [-0.39, 0.29) is 41.0 Å². The largest absolute Gasteiger partial charge is 0.355 e. The zero-order chi connectivity index (χ0) is 17.7. The van der Waals surface area contributed by atoms with Gasteiger partial charge in [0.15, 0.2) is 5.78 Å². The number of benzene rings is 1. The van der Waals surface area contributed by atoms with E-state index in [1.165, 1.54) is 30.5 Å². The third-order valence-corrected chi connectivity index (χ3v) is 4.75. The molecule has 1 aromatic heterocycles. The number of amides is 2. The molecule has 0 saturated carbocycles. The fraction of sp³-hybridized carbons (Fsp3) is 0.188. The van der Waals surface area contributed by atoms with Gasteiger partial charge in [0.2, 0.25) is 5.91 Å². The third kappa shape index (κ3) is 4.80. The molecule has 0 spiro atoms. The van der Waals surface area contributed by atoms with Crippen LogP contribution in [0.15, 0.2) is 30.3 Å².